The number of carbonyl (C=O) groups excluding carboxylic acids is 1. The standard InChI is InChI=1S/C15H20F2N2O4S/c1-15(2,3)23-14(20)18-4-6-19(7-5-18)24(21,22)13-9-11(16)8-12(17)10-13/h8-10H,4-7H2,1-3H3. The predicted octanol–water partition coefficient (Wildman–Crippen LogP) is 2.21. The van der Waals surface area contributed by atoms with Gasteiger partial charge in [0.2, 0.25) is 10.0 Å². The van der Waals surface area contributed by atoms with E-state index in [0.717, 1.165) is 16.4 Å². The lowest BCUT2D eigenvalue weighted by molar-refractivity contribution is 0.0192. The molecule has 0 unspecified atom stereocenters. The molecule has 1 aliphatic rings. The summed E-state index contributed by atoms with van der Waals surface area (Å²) in [6.45, 7) is 5.57. The molecule has 24 heavy (non-hydrogen) atoms. The molecule has 0 atom stereocenters. The SMILES string of the molecule is CC(C)(C)OC(=O)N1CCN(S(=O)(=O)c2cc(F)cc(F)c2)CC1. The zero-order valence-corrected chi connectivity index (χ0v) is 14.6. The van der Waals surface area contributed by atoms with Gasteiger partial charge in [-0.2, -0.15) is 4.31 Å². The Hall–Kier alpha value is -1.74. The molecule has 1 fully saturated rings. The molecule has 9 heteroatoms. The number of carbonyl (C=O) groups is 1. The lowest BCUT2D eigenvalue weighted by Crippen LogP contribution is -2.51. The minimum Gasteiger partial charge on any atom is -0.444 e. The van der Waals surface area contributed by atoms with E-state index < -0.39 is 38.2 Å². The molecule has 1 aromatic carbocycles. The van der Waals surface area contributed by atoms with Crippen molar-refractivity contribution in [3.05, 3.63) is 29.8 Å². The smallest absolute Gasteiger partial charge is 0.410 e. The lowest BCUT2D eigenvalue weighted by atomic mass is 10.2. The second kappa shape index (κ2) is 6.64. The summed E-state index contributed by atoms with van der Waals surface area (Å²) in [7, 11) is -4.02. The van der Waals surface area contributed by atoms with Crippen molar-refractivity contribution in [2.24, 2.45) is 0 Å². The maximum Gasteiger partial charge on any atom is 0.410 e. The fourth-order valence-electron chi connectivity index (χ4n) is 2.26. The number of benzene rings is 1. The van der Waals surface area contributed by atoms with E-state index in [1.807, 2.05) is 0 Å². The normalized spacial score (nSPS) is 17.0. The third kappa shape index (κ3) is 4.41. The summed E-state index contributed by atoms with van der Waals surface area (Å²) in [4.78, 5) is 12.9. The van der Waals surface area contributed by atoms with Gasteiger partial charge in [0.15, 0.2) is 0 Å². The van der Waals surface area contributed by atoms with Crippen LogP contribution < -0.4 is 0 Å². The summed E-state index contributed by atoms with van der Waals surface area (Å²) in [6, 6.07) is 2.16. The summed E-state index contributed by atoms with van der Waals surface area (Å²) in [5.41, 5.74) is -0.639. The largest absolute Gasteiger partial charge is 0.444 e. The number of nitrogens with zero attached hydrogens (tertiary/aromatic N) is 2. The van der Waals surface area contributed by atoms with E-state index in [-0.39, 0.29) is 26.2 Å². The molecule has 0 spiro atoms. The van der Waals surface area contributed by atoms with Gasteiger partial charge in [-0.15, -0.1) is 0 Å². The van der Waals surface area contributed by atoms with E-state index in [2.05, 4.69) is 0 Å². The van der Waals surface area contributed by atoms with Crippen LogP contribution in [-0.4, -0.2) is 55.5 Å². The summed E-state index contributed by atoms with van der Waals surface area (Å²) in [5, 5.41) is 0. The second-order valence-corrected chi connectivity index (χ2v) is 8.41. The Morgan fingerprint density at radius 2 is 1.54 bits per heavy atom. The molecule has 1 aromatic rings. The van der Waals surface area contributed by atoms with Crippen molar-refractivity contribution in [3.63, 3.8) is 0 Å². The van der Waals surface area contributed by atoms with Crippen molar-refractivity contribution in [2.45, 2.75) is 31.3 Å². The summed E-state index contributed by atoms with van der Waals surface area (Å²) in [5.74, 6) is -1.91. The van der Waals surface area contributed by atoms with E-state index >= 15 is 0 Å². The first-order valence-electron chi connectivity index (χ1n) is 7.43. The Labute approximate surface area is 140 Å². The molecule has 0 radical (unpaired) electrons. The van der Waals surface area contributed by atoms with Crippen molar-refractivity contribution in [2.75, 3.05) is 26.2 Å². The number of rotatable bonds is 2. The number of ether oxygens (including phenoxy) is 1. The lowest BCUT2D eigenvalue weighted by Gasteiger charge is -2.34. The Bertz CT molecular complexity index is 703. The van der Waals surface area contributed by atoms with Crippen LogP contribution in [0.3, 0.4) is 0 Å². The average molecular weight is 362 g/mol. The second-order valence-electron chi connectivity index (χ2n) is 6.48. The van der Waals surface area contributed by atoms with E-state index in [4.69, 9.17) is 4.74 Å². The van der Waals surface area contributed by atoms with Gasteiger partial charge in [-0.05, 0) is 32.9 Å². The van der Waals surface area contributed by atoms with E-state index in [9.17, 15) is 22.0 Å². The molecule has 1 aliphatic heterocycles. The highest BCUT2D eigenvalue weighted by atomic mass is 32.2. The minimum atomic E-state index is -4.02. The summed E-state index contributed by atoms with van der Waals surface area (Å²) < 4.78 is 57.8. The van der Waals surface area contributed by atoms with Gasteiger partial charge in [-0.1, -0.05) is 0 Å². The fourth-order valence-corrected chi connectivity index (χ4v) is 3.73. The van der Waals surface area contributed by atoms with Crippen molar-refractivity contribution in [1.29, 1.82) is 0 Å². The van der Waals surface area contributed by atoms with Crippen LogP contribution in [0.2, 0.25) is 0 Å². The Morgan fingerprint density at radius 1 is 1.04 bits per heavy atom. The molecule has 6 nitrogen and oxygen atoms in total. The minimum absolute atomic E-state index is 0.0275. The van der Waals surface area contributed by atoms with Crippen LogP contribution in [0.1, 0.15) is 20.8 Å². The molecule has 0 N–H and O–H groups in total. The van der Waals surface area contributed by atoms with Crippen LogP contribution in [0.5, 0.6) is 0 Å². The van der Waals surface area contributed by atoms with Gasteiger partial charge >= 0.3 is 6.09 Å². The van der Waals surface area contributed by atoms with Gasteiger partial charge in [0.25, 0.3) is 0 Å². The molecule has 0 bridgehead atoms. The maximum absolute atomic E-state index is 13.3. The molecular formula is C15H20F2N2O4S. The molecular weight excluding hydrogens is 342 g/mol. The van der Waals surface area contributed by atoms with Gasteiger partial charge in [-0.25, -0.2) is 22.0 Å². The number of amides is 1. The molecule has 134 valence electrons. The highest BCUT2D eigenvalue weighted by molar-refractivity contribution is 7.89. The molecule has 2 rings (SSSR count). The first-order chi connectivity index (χ1) is 11.0. The van der Waals surface area contributed by atoms with Crippen LogP contribution in [0, 0.1) is 11.6 Å². The van der Waals surface area contributed by atoms with Gasteiger partial charge in [0.05, 0.1) is 4.90 Å². The van der Waals surface area contributed by atoms with Crippen LogP contribution in [-0.2, 0) is 14.8 Å². The zero-order valence-electron chi connectivity index (χ0n) is 13.8. The molecule has 1 amide bonds. The Balaban J connectivity index is 2.07. The van der Waals surface area contributed by atoms with Crippen LogP contribution in [0.25, 0.3) is 0 Å². The van der Waals surface area contributed by atoms with Gasteiger partial charge in [0, 0.05) is 32.2 Å². The van der Waals surface area contributed by atoms with Gasteiger partial charge in [-0.3, -0.25) is 0 Å². The van der Waals surface area contributed by atoms with Crippen LogP contribution in [0.4, 0.5) is 13.6 Å². The summed E-state index contributed by atoms with van der Waals surface area (Å²) >= 11 is 0. The number of halogens is 2. The Kier molecular flexibility index (Phi) is 5.14. The zero-order chi connectivity index (χ0) is 18.1. The number of sulfonamides is 1. The monoisotopic (exact) mass is 362 g/mol. The molecule has 0 aliphatic carbocycles. The predicted molar refractivity (Wildman–Crippen MR) is 82.9 cm³/mol. The fraction of sp³-hybridized carbons (Fsp3) is 0.533. The molecule has 0 aromatic heterocycles. The molecule has 1 heterocycles. The van der Waals surface area contributed by atoms with E-state index in [1.54, 1.807) is 20.8 Å². The third-order valence-corrected chi connectivity index (χ3v) is 5.24. The summed E-state index contributed by atoms with van der Waals surface area (Å²) in [6.07, 6.45) is -0.517. The van der Waals surface area contributed by atoms with Crippen LogP contribution in [0.15, 0.2) is 23.1 Å². The number of piperazine rings is 1. The highest BCUT2D eigenvalue weighted by Crippen LogP contribution is 2.20. The first kappa shape index (κ1) is 18.6. The average Bonchev–Trinajstić information content (AvgIpc) is 2.44. The van der Waals surface area contributed by atoms with E-state index in [0.29, 0.717) is 6.07 Å². The first-order valence-corrected chi connectivity index (χ1v) is 8.87. The quantitative estimate of drug-likeness (QED) is 0.809. The van der Waals surface area contributed by atoms with Gasteiger partial charge < -0.3 is 9.64 Å². The molecule has 1 saturated heterocycles. The number of hydrogen-bond donors (Lipinski definition) is 0. The van der Waals surface area contributed by atoms with Crippen molar-refractivity contribution in [3.8, 4) is 0 Å². The van der Waals surface area contributed by atoms with Crippen LogP contribution >= 0.6 is 0 Å². The van der Waals surface area contributed by atoms with Crippen molar-refractivity contribution < 1.29 is 26.7 Å². The van der Waals surface area contributed by atoms with Crippen molar-refractivity contribution in [1.82, 2.24) is 9.21 Å². The van der Waals surface area contributed by atoms with E-state index in [1.165, 1.54) is 4.90 Å². The topological polar surface area (TPSA) is 66.9 Å². The third-order valence-electron chi connectivity index (χ3n) is 3.36. The van der Waals surface area contributed by atoms with Crippen molar-refractivity contribution >= 4 is 16.1 Å². The maximum atomic E-state index is 13.3. The number of hydrogen-bond acceptors (Lipinski definition) is 4. The molecule has 0 saturated carbocycles. The van der Waals surface area contributed by atoms with Gasteiger partial charge in [0.1, 0.15) is 17.2 Å². The highest BCUT2D eigenvalue weighted by Gasteiger charge is 2.32. The Morgan fingerprint density at radius 3 is 2.00 bits per heavy atom.